The minimum absolute atomic E-state index is 0. The van der Waals surface area contributed by atoms with Crippen LogP contribution in [0.3, 0.4) is 0 Å². The average molecular weight is 289 g/mol. The van der Waals surface area contributed by atoms with Crippen LogP contribution in [-0.2, 0) is 11.0 Å². The molecule has 2 aromatic rings. The molecule has 0 atom stereocenters. The minimum Gasteiger partial charge on any atom is -0.288 e. The van der Waals surface area contributed by atoms with Crippen molar-refractivity contribution in [3.63, 3.8) is 0 Å². The fraction of sp³-hybridized carbons (Fsp3) is 0. The van der Waals surface area contributed by atoms with Crippen LogP contribution in [-0.4, -0.2) is 22.9 Å². The highest BCUT2D eigenvalue weighted by Gasteiger charge is 1.59. The standard InChI is InChI=1S/2C3H3NS.ClH.H2O3S/c2*1-2-5-3-4-1;;1-4(2)3/h2*1-3H;1H;4H,(H,1,2,3). The second-order valence-corrected chi connectivity index (χ2v) is 3.58. The zero-order chi connectivity index (χ0) is 10.6. The summed E-state index contributed by atoms with van der Waals surface area (Å²) in [6.45, 7) is 0. The first-order valence-corrected chi connectivity index (χ1v) is 6.22. The van der Waals surface area contributed by atoms with Crippen LogP contribution in [0.5, 0.6) is 0 Å². The van der Waals surface area contributed by atoms with Gasteiger partial charge in [0.25, 0.3) is 11.0 Å². The summed E-state index contributed by atoms with van der Waals surface area (Å²) < 4.78 is 24.2. The number of rotatable bonds is 0. The average Bonchev–Trinajstić information content (AvgIpc) is 2.83. The Labute approximate surface area is 103 Å². The van der Waals surface area contributed by atoms with Gasteiger partial charge >= 0.3 is 0 Å². The first-order chi connectivity index (χ1) is 6.73. The molecule has 0 fully saturated rings. The quantitative estimate of drug-likeness (QED) is 0.570. The Balaban J connectivity index is 0. The van der Waals surface area contributed by atoms with Gasteiger partial charge in [-0.05, 0) is 0 Å². The van der Waals surface area contributed by atoms with Gasteiger partial charge in [0.05, 0.1) is 11.0 Å². The van der Waals surface area contributed by atoms with Crippen molar-refractivity contribution >= 4 is 46.1 Å². The Kier molecular flexibility index (Phi) is 15.1. The normalized spacial score (nSPS) is 7.60. The van der Waals surface area contributed by atoms with E-state index in [1.165, 1.54) is 0 Å². The first-order valence-electron chi connectivity index (χ1n) is 3.21. The van der Waals surface area contributed by atoms with Crippen LogP contribution in [0.1, 0.15) is 0 Å². The van der Waals surface area contributed by atoms with Crippen LogP contribution >= 0.6 is 35.1 Å². The van der Waals surface area contributed by atoms with Crippen LogP contribution < -0.4 is 0 Å². The molecule has 0 unspecified atom stereocenters. The molecule has 5 nitrogen and oxygen atoms in total. The van der Waals surface area contributed by atoms with Gasteiger partial charge in [0.1, 0.15) is 0 Å². The highest BCUT2D eigenvalue weighted by atomic mass is 35.5. The Morgan fingerprint density at radius 2 is 1.33 bits per heavy atom. The molecule has 0 amide bonds. The van der Waals surface area contributed by atoms with Crippen LogP contribution in [0.25, 0.3) is 0 Å². The van der Waals surface area contributed by atoms with E-state index in [1.807, 2.05) is 10.8 Å². The van der Waals surface area contributed by atoms with E-state index in [-0.39, 0.29) is 12.4 Å². The van der Waals surface area contributed by atoms with Crippen molar-refractivity contribution < 1.29 is 13.0 Å². The third-order valence-corrected chi connectivity index (χ3v) is 1.74. The van der Waals surface area contributed by atoms with Gasteiger partial charge in [-0.1, -0.05) is 0 Å². The topological polar surface area (TPSA) is 80.2 Å². The highest BCUT2D eigenvalue weighted by Crippen LogP contribution is 1.86. The Bertz CT molecular complexity index is 281. The van der Waals surface area contributed by atoms with E-state index in [2.05, 4.69) is 9.97 Å². The summed E-state index contributed by atoms with van der Waals surface area (Å²) in [6, 6.07) is 0. The zero-order valence-electron chi connectivity index (χ0n) is 7.29. The van der Waals surface area contributed by atoms with Crippen LogP contribution in [0.2, 0.25) is 0 Å². The largest absolute Gasteiger partial charge is 0.288 e. The minimum atomic E-state index is -3.12. The maximum atomic E-state index is 8.59. The van der Waals surface area contributed by atoms with E-state index < -0.39 is 11.0 Å². The Hall–Kier alpha value is -0.540. The van der Waals surface area contributed by atoms with E-state index in [4.69, 9.17) is 13.0 Å². The predicted molar refractivity (Wildman–Crippen MR) is 64.4 cm³/mol. The molecular formula is C6H9ClN2O3S3. The van der Waals surface area contributed by atoms with Crippen molar-refractivity contribution in [2.45, 2.75) is 0 Å². The maximum absolute atomic E-state index is 8.59. The summed E-state index contributed by atoms with van der Waals surface area (Å²) in [4.78, 5) is 7.48. The van der Waals surface area contributed by atoms with Gasteiger partial charge < -0.3 is 0 Å². The monoisotopic (exact) mass is 288 g/mol. The summed E-state index contributed by atoms with van der Waals surface area (Å²) in [5, 5.41) is 3.86. The van der Waals surface area contributed by atoms with Crippen LogP contribution in [0.4, 0.5) is 0 Å². The number of aromatic nitrogens is 2. The molecule has 15 heavy (non-hydrogen) atoms. The van der Waals surface area contributed by atoms with Gasteiger partial charge in [0, 0.05) is 23.2 Å². The van der Waals surface area contributed by atoms with Crippen LogP contribution in [0, 0.1) is 0 Å². The predicted octanol–water partition coefficient (Wildman–Crippen LogP) is 1.78. The molecule has 0 aliphatic rings. The van der Waals surface area contributed by atoms with E-state index in [0.717, 1.165) is 0 Å². The Morgan fingerprint density at radius 3 is 1.40 bits per heavy atom. The second kappa shape index (κ2) is 13.5. The summed E-state index contributed by atoms with van der Waals surface area (Å²) in [5.41, 5.74) is 3.58. The number of thiazole rings is 2. The van der Waals surface area contributed by atoms with Crippen molar-refractivity contribution in [1.29, 1.82) is 0 Å². The first kappa shape index (κ1) is 16.9. The lowest BCUT2D eigenvalue weighted by molar-refractivity contribution is 0.509. The molecule has 0 aliphatic heterocycles. The van der Waals surface area contributed by atoms with Gasteiger partial charge in [-0.15, -0.1) is 35.1 Å². The molecule has 0 spiro atoms. The summed E-state index contributed by atoms with van der Waals surface area (Å²) in [7, 11) is -3.12. The van der Waals surface area contributed by atoms with Gasteiger partial charge in [0.15, 0.2) is 0 Å². The molecule has 1 N–H and O–H groups in total. The molecule has 9 heteroatoms. The highest BCUT2D eigenvalue weighted by molar-refractivity contribution is 7.66. The molecule has 0 bridgehead atoms. The molecule has 2 heterocycles. The third-order valence-electron chi connectivity index (χ3n) is 0.694. The van der Waals surface area contributed by atoms with Crippen molar-refractivity contribution in [2.24, 2.45) is 0 Å². The van der Waals surface area contributed by atoms with Gasteiger partial charge in [-0.3, -0.25) is 14.5 Å². The molecule has 0 aromatic carbocycles. The molecule has 0 aliphatic carbocycles. The lowest BCUT2D eigenvalue weighted by atomic mass is 11.0. The number of nitrogens with zero attached hydrogens (tertiary/aromatic N) is 2. The van der Waals surface area contributed by atoms with Gasteiger partial charge in [-0.25, -0.2) is 8.42 Å². The van der Waals surface area contributed by atoms with Crippen LogP contribution in [0.15, 0.2) is 34.2 Å². The second-order valence-electron chi connectivity index (χ2n) is 1.59. The molecule has 2 rings (SSSR count). The van der Waals surface area contributed by atoms with Crippen molar-refractivity contribution in [1.82, 2.24) is 9.97 Å². The van der Waals surface area contributed by atoms with Gasteiger partial charge in [0.2, 0.25) is 0 Å². The van der Waals surface area contributed by atoms with E-state index in [9.17, 15) is 0 Å². The van der Waals surface area contributed by atoms with E-state index in [0.29, 0.717) is 0 Å². The fourth-order valence-corrected chi connectivity index (χ4v) is 1.05. The SMILES string of the molecule is Cl.O=[SH](=O)O.c1cscn1.c1cscn1. The molecule has 2 aromatic heterocycles. The molecule has 0 radical (unpaired) electrons. The summed E-state index contributed by atoms with van der Waals surface area (Å²) in [5.74, 6) is 0. The van der Waals surface area contributed by atoms with Crippen molar-refractivity contribution in [3.8, 4) is 0 Å². The number of hydrogen-bond donors (Lipinski definition) is 2. The molecule has 0 saturated heterocycles. The molecule has 86 valence electrons. The summed E-state index contributed by atoms with van der Waals surface area (Å²) in [6.07, 6.45) is 3.54. The molecular weight excluding hydrogens is 280 g/mol. The maximum Gasteiger partial charge on any atom is 0.254 e. The lowest BCUT2D eigenvalue weighted by Gasteiger charge is -1.43. The zero-order valence-corrected chi connectivity index (χ0v) is 10.6. The number of thiol groups is 1. The lowest BCUT2D eigenvalue weighted by Crippen LogP contribution is -1.58. The Morgan fingerprint density at radius 1 is 1.00 bits per heavy atom. The number of halogens is 1. The summed E-state index contributed by atoms with van der Waals surface area (Å²) >= 11 is 3.20. The van der Waals surface area contributed by atoms with Crippen molar-refractivity contribution in [3.05, 3.63) is 34.2 Å². The van der Waals surface area contributed by atoms with Crippen molar-refractivity contribution in [2.75, 3.05) is 0 Å². The van der Waals surface area contributed by atoms with E-state index >= 15 is 0 Å². The van der Waals surface area contributed by atoms with Gasteiger partial charge in [-0.2, -0.15) is 0 Å². The molecule has 0 saturated carbocycles. The van der Waals surface area contributed by atoms with E-state index in [1.54, 1.807) is 46.1 Å². The number of hydrogen-bond acceptors (Lipinski definition) is 6. The smallest absolute Gasteiger partial charge is 0.254 e. The fourth-order valence-electron chi connectivity index (χ4n) is 0.351. The third kappa shape index (κ3) is 19.8.